The summed E-state index contributed by atoms with van der Waals surface area (Å²) in [5.74, 6) is -0.495. The highest BCUT2D eigenvalue weighted by Crippen LogP contribution is 2.09. The molecule has 0 fully saturated rings. The van der Waals surface area contributed by atoms with Crippen LogP contribution >= 0.6 is 11.6 Å². The van der Waals surface area contributed by atoms with E-state index in [4.69, 9.17) is 11.6 Å². The normalized spacial score (nSPS) is 12.1. The van der Waals surface area contributed by atoms with Gasteiger partial charge in [-0.1, -0.05) is 11.6 Å². The van der Waals surface area contributed by atoms with Gasteiger partial charge in [-0.15, -0.1) is 0 Å². The van der Waals surface area contributed by atoms with Crippen molar-refractivity contribution in [2.75, 3.05) is 0 Å². The van der Waals surface area contributed by atoms with Crippen molar-refractivity contribution in [1.82, 2.24) is 10.6 Å². The quantitative estimate of drug-likeness (QED) is 0.877. The van der Waals surface area contributed by atoms with Crippen molar-refractivity contribution in [3.05, 3.63) is 34.9 Å². The van der Waals surface area contributed by atoms with Crippen LogP contribution in [0.1, 0.15) is 31.1 Å². The minimum absolute atomic E-state index is 0.0485. The fourth-order valence-corrected chi connectivity index (χ4v) is 1.48. The first-order valence-corrected chi connectivity index (χ1v) is 6.14. The van der Waals surface area contributed by atoms with Crippen LogP contribution < -0.4 is 10.6 Å². The zero-order valence-corrected chi connectivity index (χ0v) is 11.4. The SMILES string of the molecule is CC(C)NC(=O)C(C)NC(=O)c1ccc(Cl)cc1. The van der Waals surface area contributed by atoms with Gasteiger partial charge in [0.05, 0.1) is 0 Å². The zero-order chi connectivity index (χ0) is 13.7. The van der Waals surface area contributed by atoms with Crippen LogP contribution in [-0.4, -0.2) is 23.9 Å². The maximum absolute atomic E-state index is 11.8. The first-order valence-electron chi connectivity index (χ1n) is 5.77. The Hall–Kier alpha value is -1.55. The summed E-state index contributed by atoms with van der Waals surface area (Å²) in [6.45, 7) is 5.38. The summed E-state index contributed by atoms with van der Waals surface area (Å²) >= 11 is 5.73. The van der Waals surface area contributed by atoms with Gasteiger partial charge < -0.3 is 10.6 Å². The molecule has 0 aliphatic heterocycles. The largest absolute Gasteiger partial charge is 0.352 e. The van der Waals surface area contributed by atoms with E-state index in [2.05, 4.69) is 10.6 Å². The number of benzene rings is 1. The fourth-order valence-electron chi connectivity index (χ4n) is 1.36. The molecule has 18 heavy (non-hydrogen) atoms. The molecular formula is C13H17ClN2O2. The predicted octanol–water partition coefficient (Wildman–Crippen LogP) is 1.98. The standard InChI is InChI=1S/C13H17ClN2O2/c1-8(2)15-12(17)9(3)16-13(18)10-4-6-11(14)7-5-10/h4-9H,1-3H3,(H,15,17)(H,16,18). The summed E-state index contributed by atoms with van der Waals surface area (Å²) in [5, 5.41) is 5.93. The minimum atomic E-state index is -0.574. The number of carbonyl (C=O) groups is 2. The van der Waals surface area contributed by atoms with Gasteiger partial charge in [0.2, 0.25) is 5.91 Å². The second kappa shape index (κ2) is 6.40. The Bertz CT molecular complexity index is 429. The number of hydrogen-bond donors (Lipinski definition) is 2. The molecular weight excluding hydrogens is 252 g/mol. The molecule has 1 aromatic carbocycles. The Balaban J connectivity index is 2.59. The monoisotopic (exact) mass is 268 g/mol. The van der Waals surface area contributed by atoms with Crippen LogP contribution in [0.25, 0.3) is 0 Å². The highest BCUT2D eigenvalue weighted by Gasteiger charge is 2.16. The maximum Gasteiger partial charge on any atom is 0.251 e. The first-order chi connectivity index (χ1) is 8.40. The van der Waals surface area contributed by atoms with Gasteiger partial charge in [-0.2, -0.15) is 0 Å². The Kier molecular flexibility index (Phi) is 5.16. The molecule has 1 unspecified atom stereocenters. The molecule has 0 saturated carbocycles. The van der Waals surface area contributed by atoms with Crippen molar-refractivity contribution in [2.45, 2.75) is 32.9 Å². The number of hydrogen-bond acceptors (Lipinski definition) is 2. The predicted molar refractivity (Wildman–Crippen MR) is 71.7 cm³/mol. The molecule has 0 aliphatic rings. The Morgan fingerprint density at radius 1 is 1.06 bits per heavy atom. The van der Waals surface area contributed by atoms with Gasteiger partial charge in [-0.3, -0.25) is 9.59 Å². The highest BCUT2D eigenvalue weighted by molar-refractivity contribution is 6.30. The van der Waals surface area contributed by atoms with Crippen LogP contribution in [0.4, 0.5) is 0 Å². The van der Waals surface area contributed by atoms with Crippen molar-refractivity contribution in [2.24, 2.45) is 0 Å². The Morgan fingerprint density at radius 3 is 2.11 bits per heavy atom. The van der Waals surface area contributed by atoms with Gasteiger partial charge in [-0.05, 0) is 45.0 Å². The number of nitrogens with one attached hydrogen (secondary N) is 2. The van der Waals surface area contributed by atoms with Crippen LogP contribution in [0.2, 0.25) is 5.02 Å². The second-order valence-corrected chi connectivity index (χ2v) is 4.80. The lowest BCUT2D eigenvalue weighted by molar-refractivity contribution is -0.123. The fraction of sp³-hybridized carbons (Fsp3) is 0.385. The van der Waals surface area contributed by atoms with E-state index in [0.717, 1.165) is 0 Å². The molecule has 2 amide bonds. The van der Waals surface area contributed by atoms with E-state index in [-0.39, 0.29) is 17.9 Å². The summed E-state index contributed by atoms with van der Waals surface area (Å²) in [6, 6.07) is 5.98. The van der Waals surface area contributed by atoms with Crippen LogP contribution in [0.15, 0.2) is 24.3 Å². The van der Waals surface area contributed by atoms with E-state index in [0.29, 0.717) is 10.6 Å². The summed E-state index contributed by atoms with van der Waals surface area (Å²) in [5.41, 5.74) is 0.476. The summed E-state index contributed by atoms with van der Waals surface area (Å²) < 4.78 is 0. The van der Waals surface area contributed by atoms with Gasteiger partial charge in [0.1, 0.15) is 6.04 Å². The molecule has 98 valence electrons. The average Bonchev–Trinajstić information content (AvgIpc) is 2.28. The average molecular weight is 269 g/mol. The first kappa shape index (κ1) is 14.5. The summed E-state index contributed by atoms with van der Waals surface area (Å²) in [6.07, 6.45) is 0. The van der Waals surface area contributed by atoms with Crippen molar-refractivity contribution in [1.29, 1.82) is 0 Å². The van der Waals surface area contributed by atoms with Crippen LogP contribution in [0, 0.1) is 0 Å². The molecule has 0 radical (unpaired) electrons. The molecule has 0 bridgehead atoms. The molecule has 4 nitrogen and oxygen atoms in total. The van der Waals surface area contributed by atoms with E-state index >= 15 is 0 Å². The van der Waals surface area contributed by atoms with Crippen molar-refractivity contribution in [3.8, 4) is 0 Å². The molecule has 1 aromatic rings. The lowest BCUT2D eigenvalue weighted by Gasteiger charge is -2.16. The molecule has 0 aromatic heterocycles. The molecule has 0 heterocycles. The molecule has 5 heteroatoms. The number of carbonyl (C=O) groups excluding carboxylic acids is 2. The summed E-state index contributed by atoms with van der Waals surface area (Å²) in [4.78, 5) is 23.4. The number of rotatable bonds is 4. The lowest BCUT2D eigenvalue weighted by atomic mass is 10.2. The van der Waals surface area contributed by atoms with Gasteiger partial charge in [0.15, 0.2) is 0 Å². The zero-order valence-electron chi connectivity index (χ0n) is 10.7. The molecule has 1 rings (SSSR count). The highest BCUT2D eigenvalue weighted by atomic mass is 35.5. The third-order valence-corrected chi connectivity index (χ3v) is 2.53. The molecule has 0 saturated heterocycles. The maximum atomic E-state index is 11.8. The molecule has 0 aliphatic carbocycles. The van der Waals surface area contributed by atoms with Gasteiger partial charge in [0, 0.05) is 16.6 Å². The van der Waals surface area contributed by atoms with E-state index in [1.807, 2.05) is 13.8 Å². The van der Waals surface area contributed by atoms with Crippen molar-refractivity contribution >= 4 is 23.4 Å². The summed E-state index contributed by atoms with van der Waals surface area (Å²) in [7, 11) is 0. The number of amides is 2. The third-order valence-electron chi connectivity index (χ3n) is 2.28. The second-order valence-electron chi connectivity index (χ2n) is 4.37. The third kappa shape index (κ3) is 4.37. The molecule has 2 N–H and O–H groups in total. The topological polar surface area (TPSA) is 58.2 Å². The Labute approximate surface area is 112 Å². The Morgan fingerprint density at radius 2 is 1.61 bits per heavy atom. The van der Waals surface area contributed by atoms with Crippen LogP contribution in [0.3, 0.4) is 0 Å². The van der Waals surface area contributed by atoms with E-state index in [1.165, 1.54) is 0 Å². The van der Waals surface area contributed by atoms with Crippen LogP contribution in [0.5, 0.6) is 0 Å². The van der Waals surface area contributed by atoms with Gasteiger partial charge in [-0.25, -0.2) is 0 Å². The van der Waals surface area contributed by atoms with Gasteiger partial charge in [0.25, 0.3) is 5.91 Å². The van der Waals surface area contributed by atoms with Crippen LogP contribution in [-0.2, 0) is 4.79 Å². The van der Waals surface area contributed by atoms with Gasteiger partial charge >= 0.3 is 0 Å². The smallest absolute Gasteiger partial charge is 0.251 e. The van der Waals surface area contributed by atoms with E-state index in [9.17, 15) is 9.59 Å². The minimum Gasteiger partial charge on any atom is -0.352 e. The van der Waals surface area contributed by atoms with E-state index < -0.39 is 6.04 Å². The molecule has 1 atom stereocenters. The molecule has 0 spiro atoms. The van der Waals surface area contributed by atoms with E-state index in [1.54, 1.807) is 31.2 Å². The number of halogens is 1. The van der Waals surface area contributed by atoms with Crippen molar-refractivity contribution < 1.29 is 9.59 Å². The van der Waals surface area contributed by atoms with Crippen molar-refractivity contribution in [3.63, 3.8) is 0 Å². The lowest BCUT2D eigenvalue weighted by Crippen LogP contribution is -2.46.